The lowest BCUT2D eigenvalue weighted by molar-refractivity contribution is 0.940. The average molecular weight is 511 g/mol. The van der Waals surface area contributed by atoms with E-state index in [9.17, 15) is 0 Å². The van der Waals surface area contributed by atoms with Crippen LogP contribution in [0.4, 0.5) is 0 Å². The fourth-order valence-electron chi connectivity index (χ4n) is 7.59. The minimum absolute atomic E-state index is 1.04. The second kappa shape index (κ2) is 11.8. The molecule has 0 saturated carbocycles. The maximum absolute atomic E-state index is 2.38. The molecule has 0 N–H and O–H groups in total. The minimum Gasteiger partial charge on any atom is -0.0613 e. The van der Waals surface area contributed by atoms with Crippen LogP contribution in [0.5, 0.6) is 0 Å². The van der Waals surface area contributed by atoms with Crippen LogP contribution in [0.2, 0.25) is 0 Å². The number of rotatable bonds is 8. The van der Waals surface area contributed by atoms with Crippen LogP contribution in [0.25, 0.3) is 0 Å². The summed E-state index contributed by atoms with van der Waals surface area (Å²) in [5, 5.41) is 0. The highest BCUT2D eigenvalue weighted by Gasteiger charge is 2.22. The number of hydrogen-bond acceptors (Lipinski definition) is 0. The normalized spacial score (nSPS) is 11.5. The molecule has 0 spiro atoms. The molecule has 0 saturated heterocycles. The molecular formula is C38H54. The summed E-state index contributed by atoms with van der Waals surface area (Å²) in [6.07, 6.45) is 6.54. The van der Waals surface area contributed by atoms with Crippen molar-refractivity contribution >= 4 is 0 Å². The maximum atomic E-state index is 2.38. The summed E-state index contributed by atoms with van der Waals surface area (Å²) in [5.41, 5.74) is 27.5. The fraction of sp³-hybridized carbons (Fsp3) is 0.526. The van der Waals surface area contributed by atoms with E-state index in [0.717, 1.165) is 38.5 Å². The third-order valence-corrected chi connectivity index (χ3v) is 10.5. The Morgan fingerprint density at radius 1 is 0.237 bits per heavy atom. The summed E-state index contributed by atoms with van der Waals surface area (Å²) in [5.74, 6) is 0. The molecule has 0 aromatic heterocycles. The van der Waals surface area contributed by atoms with E-state index < -0.39 is 0 Å². The molecular weight excluding hydrogens is 456 g/mol. The van der Waals surface area contributed by atoms with E-state index in [2.05, 4.69) is 96.9 Å². The summed E-state index contributed by atoms with van der Waals surface area (Å²) < 4.78 is 0. The number of hydrogen-bond donors (Lipinski definition) is 0. The van der Waals surface area contributed by atoms with Crippen molar-refractivity contribution in [1.29, 1.82) is 0 Å². The van der Waals surface area contributed by atoms with Gasteiger partial charge in [-0.05, 0) is 208 Å². The molecule has 3 rings (SSSR count). The first kappa shape index (κ1) is 30.2. The topological polar surface area (TPSA) is 0 Å². The van der Waals surface area contributed by atoms with Crippen molar-refractivity contribution in [3.8, 4) is 0 Å². The van der Waals surface area contributed by atoms with E-state index in [-0.39, 0.29) is 0 Å². The van der Waals surface area contributed by atoms with Gasteiger partial charge >= 0.3 is 0 Å². The Bertz CT molecular complexity index is 1240. The van der Waals surface area contributed by atoms with Gasteiger partial charge in [-0.25, -0.2) is 0 Å². The van der Waals surface area contributed by atoms with Gasteiger partial charge in [0, 0.05) is 0 Å². The summed E-state index contributed by atoms with van der Waals surface area (Å²) in [4.78, 5) is 0. The SMILES string of the molecule is CCc1c(C)c(C)c(Cc2c(C)c(C)c(Cc3c(C)c(C)c(CC)c(C)c3CC)c(C)c2C)c(CC)c1C. The molecule has 3 aromatic rings. The van der Waals surface area contributed by atoms with Crippen LogP contribution in [-0.2, 0) is 38.5 Å². The second-order valence-corrected chi connectivity index (χ2v) is 11.8. The first-order valence-electron chi connectivity index (χ1n) is 15.2. The van der Waals surface area contributed by atoms with Crippen LogP contribution in [0.3, 0.4) is 0 Å². The third kappa shape index (κ3) is 4.89. The fourth-order valence-corrected chi connectivity index (χ4v) is 7.59. The molecule has 0 amide bonds. The lowest BCUT2D eigenvalue weighted by Crippen LogP contribution is -2.13. The molecule has 0 fully saturated rings. The number of benzene rings is 3. The zero-order chi connectivity index (χ0) is 28.6. The standard InChI is InChI=1S/C38H54/c1-15-31-21(5)27(11)37(33(17-3)29(31)13)19-35-23(7)25(9)36(26(10)24(35)8)20-38-28(12)22(6)32(16-2)30(14)34(38)18-4/h15-20H2,1-14H3. The van der Waals surface area contributed by atoms with E-state index in [4.69, 9.17) is 0 Å². The van der Waals surface area contributed by atoms with Gasteiger partial charge in [0.15, 0.2) is 0 Å². The van der Waals surface area contributed by atoms with Crippen LogP contribution in [0.15, 0.2) is 0 Å². The molecule has 0 aliphatic carbocycles. The molecule has 0 unspecified atom stereocenters. The second-order valence-electron chi connectivity index (χ2n) is 11.8. The van der Waals surface area contributed by atoms with Gasteiger partial charge in [0.2, 0.25) is 0 Å². The molecule has 38 heavy (non-hydrogen) atoms. The van der Waals surface area contributed by atoms with Gasteiger partial charge in [0.05, 0.1) is 0 Å². The third-order valence-electron chi connectivity index (χ3n) is 10.5. The highest BCUT2D eigenvalue weighted by atomic mass is 14.3. The van der Waals surface area contributed by atoms with Crippen molar-refractivity contribution in [3.05, 3.63) is 100 Å². The molecule has 0 radical (unpaired) electrons. The monoisotopic (exact) mass is 510 g/mol. The highest BCUT2D eigenvalue weighted by molar-refractivity contribution is 5.59. The van der Waals surface area contributed by atoms with E-state index in [1.54, 1.807) is 44.5 Å². The van der Waals surface area contributed by atoms with E-state index >= 15 is 0 Å². The van der Waals surface area contributed by atoms with Crippen molar-refractivity contribution in [2.24, 2.45) is 0 Å². The Morgan fingerprint density at radius 2 is 0.447 bits per heavy atom. The zero-order valence-corrected chi connectivity index (χ0v) is 27.2. The van der Waals surface area contributed by atoms with Crippen LogP contribution in [-0.4, -0.2) is 0 Å². The zero-order valence-electron chi connectivity index (χ0n) is 27.2. The maximum Gasteiger partial charge on any atom is -0.00148 e. The van der Waals surface area contributed by atoms with Crippen LogP contribution in [0, 0.1) is 69.2 Å². The highest BCUT2D eigenvalue weighted by Crippen LogP contribution is 2.36. The summed E-state index contributed by atoms with van der Waals surface area (Å²) >= 11 is 0. The predicted molar refractivity (Wildman–Crippen MR) is 170 cm³/mol. The molecule has 0 nitrogen and oxygen atoms in total. The van der Waals surface area contributed by atoms with Crippen molar-refractivity contribution in [3.63, 3.8) is 0 Å². The largest absolute Gasteiger partial charge is 0.0613 e. The summed E-state index contributed by atoms with van der Waals surface area (Å²) in [7, 11) is 0. The van der Waals surface area contributed by atoms with Gasteiger partial charge in [-0.2, -0.15) is 0 Å². The Balaban J connectivity index is 2.21. The lowest BCUT2D eigenvalue weighted by atomic mass is 9.78. The quantitative estimate of drug-likeness (QED) is 0.283. The Hall–Kier alpha value is -2.34. The Labute approximate surface area is 235 Å². The van der Waals surface area contributed by atoms with Gasteiger partial charge in [0.1, 0.15) is 0 Å². The molecule has 0 bridgehead atoms. The van der Waals surface area contributed by atoms with Crippen LogP contribution < -0.4 is 0 Å². The first-order chi connectivity index (χ1) is 17.9. The molecule has 0 atom stereocenters. The minimum atomic E-state index is 1.04. The van der Waals surface area contributed by atoms with Gasteiger partial charge in [-0.15, -0.1) is 0 Å². The van der Waals surface area contributed by atoms with Crippen molar-refractivity contribution < 1.29 is 0 Å². The van der Waals surface area contributed by atoms with Crippen LogP contribution in [0.1, 0.15) is 128 Å². The molecule has 0 aliphatic rings. The predicted octanol–water partition coefficient (Wildman–Crippen LogP) is 10.2. The Kier molecular flexibility index (Phi) is 9.39. The van der Waals surface area contributed by atoms with Crippen molar-refractivity contribution in [2.45, 2.75) is 135 Å². The van der Waals surface area contributed by atoms with E-state index in [0.29, 0.717) is 0 Å². The van der Waals surface area contributed by atoms with E-state index in [1.165, 1.54) is 55.6 Å². The molecule has 0 heteroatoms. The van der Waals surface area contributed by atoms with Gasteiger partial charge < -0.3 is 0 Å². The van der Waals surface area contributed by atoms with Crippen LogP contribution >= 0.6 is 0 Å². The van der Waals surface area contributed by atoms with E-state index in [1.807, 2.05) is 0 Å². The van der Waals surface area contributed by atoms with Crippen molar-refractivity contribution in [2.75, 3.05) is 0 Å². The van der Waals surface area contributed by atoms with Crippen molar-refractivity contribution in [1.82, 2.24) is 0 Å². The molecule has 0 heterocycles. The Morgan fingerprint density at radius 3 is 0.684 bits per heavy atom. The summed E-state index contributed by atoms with van der Waals surface area (Å²) in [6, 6.07) is 0. The smallest absolute Gasteiger partial charge is 0.00148 e. The molecule has 3 aromatic carbocycles. The summed E-state index contributed by atoms with van der Waals surface area (Å²) in [6.45, 7) is 32.9. The van der Waals surface area contributed by atoms with Gasteiger partial charge in [-0.1, -0.05) is 27.7 Å². The average Bonchev–Trinajstić information content (AvgIpc) is 2.89. The first-order valence-corrected chi connectivity index (χ1v) is 15.2. The molecule has 0 aliphatic heterocycles. The lowest BCUT2D eigenvalue weighted by Gasteiger charge is -2.26. The van der Waals surface area contributed by atoms with Gasteiger partial charge in [-0.3, -0.25) is 0 Å². The van der Waals surface area contributed by atoms with Gasteiger partial charge in [0.25, 0.3) is 0 Å². The molecule has 206 valence electrons.